The van der Waals surface area contributed by atoms with Gasteiger partial charge < -0.3 is 15.3 Å². The van der Waals surface area contributed by atoms with Gasteiger partial charge in [0.2, 0.25) is 11.8 Å². The molecular weight excluding hydrogens is 298 g/mol. The summed E-state index contributed by atoms with van der Waals surface area (Å²) >= 11 is 0. The average molecular weight is 315 g/mol. The van der Waals surface area contributed by atoms with Crippen LogP contribution in [0.15, 0.2) is 24.8 Å². The largest absolute Gasteiger partial charge is 0.480 e. The predicted octanol–water partition coefficient (Wildman–Crippen LogP) is 0.775. The zero-order valence-corrected chi connectivity index (χ0v) is 12.5. The van der Waals surface area contributed by atoms with Crippen molar-refractivity contribution in [1.29, 1.82) is 0 Å². The summed E-state index contributed by atoms with van der Waals surface area (Å²) in [5, 5.41) is 14.1. The Labute approximate surface area is 133 Å². The van der Waals surface area contributed by atoms with E-state index in [1.165, 1.54) is 0 Å². The summed E-state index contributed by atoms with van der Waals surface area (Å²) in [4.78, 5) is 36.0. The summed E-state index contributed by atoms with van der Waals surface area (Å²) in [5.74, 6) is -1.51. The minimum absolute atomic E-state index is 0.179. The first-order chi connectivity index (χ1) is 11.0. The number of imide groups is 1. The molecule has 0 spiro atoms. The van der Waals surface area contributed by atoms with E-state index >= 15 is 0 Å². The fourth-order valence-corrected chi connectivity index (χ4v) is 3.06. The second-order valence-corrected chi connectivity index (χ2v) is 5.62. The van der Waals surface area contributed by atoms with Crippen molar-refractivity contribution in [3.63, 3.8) is 0 Å². The number of hydrogen-bond donors (Lipinski definition) is 3. The van der Waals surface area contributed by atoms with Crippen LogP contribution in [0.2, 0.25) is 0 Å². The molecule has 2 amide bonds. The third kappa shape index (κ3) is 2.77. The second-order valence-electron chi connectivity index (χ2n) is 5.62. The maximum Gasteiger partial charge on any atom is 0.322 e. The Balaban J connectivity index is 1.84. The number of anilines is 1. The molecule has 1 aromatic rings. The average Bonchev–Trinajstić information content (AvgIpc) is 2.83. The highest BCUT2D eigenvalue weighted by Gasteiger charge is 2.36. The second kappa shape index (κ2) is 5.75. The third-order valence-corrected chi connectivity index (χ3v) is 4.18. The first-order valence-corrected chi connectivity index (χ1v) is 7.34. The summed E-state index contributed by atoms with van der Waals surface area (Å²) in [6.07, 6.45) is 0.760. The van der Waals surface area contributed by atoms with E-state index < -0.39 is 12.0 Å². The van der Waals surface area contributed by atoms with Crippen LogP contribution in [-0.2, 0) is 20.9 Å². The molecule has 7 heteroatoms. The van der Waals surface area contributed by atoms with E-state index in [1.807, 2.05) is 23.1 Å². The van der Waals surface area contributed by atoms with E-state index in [-0.39, 0.29) is 18.4 Å². The number of benzene rings is 1. The molecule has 120 valence electrons. The summed E-state index contributed by atoms with van der Waals surface area (Å²) in [6.45, 7) is 4.34. The number of nitrogens with one attached hydrogen (secondary N) is 2. The quantitative estimate of drug-likeness (QED) is 0.710. The lowest BCUT2D eigenvalue weighted by molar-refractivity contribution is -0.137. The minimum atomic E-state index is -0.943. The Bertz CT molecular complexity index is 713. The smallest absolute Gasteiger partial charge is 0.322 e. The van der Waals surface area contributed by atoms with Gasteiger partial charge in [-0.05, 0) is 12.5 Å². The molecule has 1 fully saturated rings. The lowest BCUT2D eigenvalue weighted by Gasteiger charge is -2.31. The molecule has 23 heavy (non-hydrogen) atoms. The van der Waals surface area contributed by atoms with Gasteiger partial charge in [-0.2, -0.15) is 0 Å². The molecule has 0 aromatic heterocycles. The molecule has 3 rings (SSSR count). The fraction of sp³-hybridized carbons (Fsp3) is 0.312. The van der Waals surface area contributed by atoms with Crippen molar-refractivity contribution < 1.29 is 19.5 Å². The molecule has 0 aliphatic carbocycles. The van der Waals surface area contributed by atoms with Gasteiger partial charge in [0, 0.05) is 35.5 Å². The van der Waals surface area contributed by atoms with Gasteiger partial charge in [-0.15, -0.1) is 0 Å². The minimum Gasteiger partial charge on any atom is -0.480 e. The highest BCUT2D eigenvalue weighted by Crippen LogP contribution is 2.38. The Morgan fingerprint density at radius 2 is 2.22 bits per heavy atom. The molecule has 0 bridgehead atoms. The first kappa shape index (κ1) is 15.1. The van der Waals surface area contributed by atoms with Crippen molar-refractivity contribution in [2.24, 2.45) is 0 Å². The van der Waals surface area contributed by atoms with Gasteiger partial charge in [0.05, 0.1) is 0 Å². The molecule has 2 aliphatic rings. The first-order valence-electron chi connectivity index (χ1n) is 7.34. The highest BCUT2D eigenvalue weighted by atomic mass is 16.4. The third-order valence-electron chi connectivity index (χ3n) is 4.18. The molecule has 0 saturated carbocycles. The molecule has 1 atom stereocenters. The van der Waals surface area contributed by atoms with Crippen LogP contribution >= 0.6 is 0 Å². The van der Waals surface area contributed by atoms with Gasteiger partial charge in [-0.1, -0.05) is 18.7 Å². The van der Waals surface area contributed by atoms with E-state index in [0.29, 0.717) is 25.1 Å². The van der Waals surface area contributed by atoms with Crippen molar-refractivity contribution in [2.75, 3.05) is 11.9 Å². The Morgan fingerprint density at radius 3 is 2.91 bits per heavy atom. The lowest BCUT2D eigenvalue weighted by atomic mass is 10.0. The summed E-state index contributed by atoms with van der Waals surface area (Å²) in [5.41, 5.74) is 3.25. The number of piperidine rings is 1. The lowest BCUT2D eigenvalue weighted by Crippen LogP contribution is -2.50. The number of carbonyl (C=O) groups is 3. The zero-order chi connectivity index (χ0) is 16.6. The topological polar surface area (TPSA) is 98.7 Å². The molecule has 1 aromatic carbocycles. The monoisotopic (exact) mass is 315 g/mol. The van der Waals surface area contributed by atoms with Crippen LogP contribution < -0.4 is 10.6 Å². The number of carbonyl (C=O) groups excluding carboxylic acids is 2. The highest BCUT2D eigenvalue weighted by molar-refractivity contribution is 6.01. The standard InChI is InChI=1S/C16H17N3O4/c1-9-10-3-2-4-12(17-7-15(21)22)11(10)8-19(9)13-5-6-14(20)18-16(13)23/h2-4,13,17H,1,5-8H2,(H,21,22)(H,18,20,23). The van der Waals surface area contributed by atoms with E-state index in [1.54, 1.807) is 0 Å². The van der Waals surface area contributed by atoms with Crippen LogP contribution in [-0.4, -0.2) is 40.4 Å². The van der Waals surface area contributed by atoms with Crippen LogP contribution in [0.3, 0.4) is 0 Å². The number of nitrogens with zero attached hydrogens (tertiary/aromatic N) is 1. The zero-order valence-electron chi connectivity index (χ0n) is 12.5. The molecule has 3 N–H and O–H groups in total. The van der Waals surface area contributed by atoms with Gasteiger partial charge >= 0.3 is 5.97 Å². The maximum atomic E-state index is 12.1. The van der Waals surface area contributed by atoms with Crippen molar-refractivity contribution in [3.8, 4) is 0 Å². The Kier molecular flexibility index (Phi) is 3.77. The van der Waals surface area contributed by atoms with Gasteiger partial charge in [0.1, 0.15) is 12.6 Å². The van der Waals surface area contributed by atoms with Crippen LogP contribution in [0.25, 0.3) is 5.70 Å². The normalized spacial score (nSPS) is 20.3. The summed E-state index contributed by atoms with van der Waals surface area (Å²) < 4.78 is 0. The Hall–Kier alpha value is -2.83. The van der Waals surface area contributed by atoms with Gasteiger partial charge in [0.25, 0.3) is 0 Å². The Morgan fingerprint density at radius 1 is 1.43 bits per heavy atom. The number of amides is 2. The van der Waals surface area contributed by atoms with Crippen molar-refractivity contribution >= 4 is 29.2 Å². The molecule has 0 radical (unpaired) electrons. The predicted molar refractivity (Wildman–Crippen MR) is 83.3 cm³/mol. The number of aliphatic carboxylic acids is 1. The summed E-state index contributed by atoms with van der Waals surface area (Å²) in [6, 6.07) is 5.10. The molecule has 1 saturated heterocycles. The molecule has 2 heterocycles. The number of carboxylic acids is 1. The molecular formula is C16H17N3O4. The van der Waals surface area contributed by atoms with Gasteiger partial charge in [-0.3, -0.25) is 19.7 Å². The molecule has 7 nitrogen and oxygen atoms in total. The van der Waals surface area contributed by atoms with Gasteiger partial charge in [-0.25, -0.2) is 0 Å². The van der Waals surface area contributed by atoms with Crippen LogP contribution in [0, 0.1) is 0 Å². The van der Waals surface area contributed by atoms with E-state index in [0.717, 1.165) is 16.8 Å². The summed E-state index contributed by atoms with van der Waals surface area (Å²) in [7, 11) is 0. The van der Waals surface area contributed by atoms with E-state index in [9.17, 15) is 14.4 Å². The number of hydrogen-bond acceptors (Lipinski definition) is 5. The van der Waals surface area contributed by atoms with Crippen molar-refractivity contribution in [3.05, 3.63) is 35.9 Å². The van der Waals surface area contributed by atoms with Gasteiger partial charge in [0.15, 0.2) is 0 Å². The van der Waals surface area contributed by atoms with E-state index in [4.69, 9.17) is 5.11 Å². The number of carboxylic acid groups (broad SMARTS) is 1. The van der Waals surface area contributed by atoms with Crippen LogP contribution in [0.4, 0.5) is 5.69 Å². The fourth-order valence-electron chi connectivity index (χ4n) is 3.06. The van der Waals surface area contributed by atoms with Crippen molar-refractivity contribution in [1.82, 2.24) is 10.2 Å². The molecule has 1 unspecified atom stereocenters. The maximum absolute atomic E-state index is 12.1. The number of rotatable bonds is 4. The molecule has 2 aliphatic heterocycles. The van der Waals surface area contributed by atoms with E-state index in [2.05, 4.69) is 17.2 Å². The SMILES string of the molecule is C=C1c2cccc(NCC(=O)O)c2CN1C1CCC(=O)NC1=O. The van der Waals surface area contributed by atoms with Crippen LogP contribution in [0.5, 0.6) is 0 Å². The number of fused-ring (bicyclic) bond motifs is 1. The van der Waals surface area contributed by atoms with Crippen LogP contribution in [0.1, 0.15) is 24.0 Å². The van der Waals surface area contributed by atoms with Crippen molar-refractivity contribution in [2.45, 2.75) is 25.4 Å².